The SMILES string of the molecule is COc1ccc(CN2CCN(c3ncccn3)CC2)cc1Cn1cncn1. The topological polar surface area (TPSA) is 72.2 Å². The van der Waals surface area contributed by atoms with Crippen molar-refractivity contribution in [1.29, 1.82) is 0 Å². The number of piperazine rings is 1. The van der Waals surface area contributed by atoms with E-state index in [4.69, 9.17) is 4.74 Å². The molecule has 0 bridgehead atoms. The van der Waals surface area contributed by atoms with Crippen LogP contribution in [-0.2, 0) is 13.1 Å². The van der Waals surface area contributed by atoms with E-state index >= 15 is 0 Å². The lowest BCUT2D eigenvalue weighted by Gasteiger charge is -2.34. The van der Waals surface area contributed by atoms with Crippen LogP contribution in [0.2, 0.25) is 0 Å². The minimum absolute atomic E-state index is 0.649. The molecule has 4 rings (SSSR count). The van der Waals surface area contributed by atoms with Gasteiger partial charge in [-0.2, -0.15) is 5.10 Å². The van der Waals surface area contributed by atoms with E-state index in [0.29, 0.717) is 6.54 Å². The third kappa shape index (κ3) is 4.22. The van der Waals surface area contributed by atoms with Crippen molar-refractivity contribution in [3.63, 3.8) is 0 Å². The molecule has 1 aromatic carbocycles. The second-order valence-corrected chi connectivity index (χ2v) is 6.55. The molecular formula is C19H23N7O. The predicted molar refractivity (Wildman–Crippen MR) is 102 cm³/mol. The Morgan fingerprint density at radius 1 is 1.04 bits per heavy atom. The van der Waals surface area contributed by atoms with Gasteiger partial charge in [-0.15, -0.1) is 0 Å². The van der Waals surface area contributed by atoms with E-state index in [2.05, 4.69) is 42.0 Å². The molecule has 0 unspecified atom stereocenters. The normalized spacial score (nSPS) is 15.1. The number of hydrogen-bond donors (Lipinski definition) is 0. The summed E-state index contributed by atoms with van der Waals surface area (Å²) < 4.78 is 7.31. The van der Waals surface area contributed by atoms with Crippen LogP contribution in [0.4, 0.5) is 5.95 Å². The minimum Gasteiger partial charge on any atom is -0.496 e. The number of benzene rings is 1. The molecule has 0 saturated carbocycles. The van der Waals surface area contributed by atoms with E-state index in [1.165, 1.54) is 5.56 Å². The van der Waals surface area contributed by atoms with Crippen LogP contribution in [0.15, 0.2) is 49.3 Å². The quantitative estimate of drug-likeness (QED) is 0.655. The minimum atomic E-state index is 0.649. The summed E-state index contributed by atoms with van der Waals surface area (Å²) in [5.41, 5.74) is 2.38. The maximum atomic E-state index is 5.51. The molecule has 1 saturated heterocycles. The third-order valence-electron chi connectivity index (χ3n) is 4.76. The van der Waals surface area contributed by atoms with Gasteiger partial charge in [0.25, 0.3) is 0 Å². The van der Waals surface area contributed by atoms with Gasteiger partial charge in [-0.3, -0.25) is 4.90 Å². The fourth-order valence-corrected chi connectivity index (χ4v) is 3.36. The molecule has 3 aromatic rings. The maximum Gasteiger partial charge on any atom is 0.225 e. The van der Waals surface area contributed by atoms with E-state index < -0.39 is 0 Å². The Bertz CT molecular complexity index is 846. The van der Waals surface area contributed by atoms with Crippen molar-refractivity contribution in [3.8, 4) is 5.75 Å². The Morgan fingerprint density at radius 3 is 2.56 bits per heavy atom. The Balaban J connectivity index is 1.39. The van der Waals surface area contributed by atoms with E-state index in [-0.39, 0.29) is 0 Å². The van der Waals surface area contributed by atoms with E-state index in [1.54, 1.807) is 36.8 Å². The van der Waals surface area contributed by atoms with Crippen LogP contribution in [0.1, 0.15) is 11.1 Å². The fourth-order valence-electron chi connectivity index (χ4n) is 3.36. The highest BCUT2D eigenvalue weighted by Gasteiger charge is 2.19. The zero-order valence-electron chi connectivity index (χ0n) is 15.4. The molecule has 1 fully saturated rings. The molecule has 0 radical (unpaired) electrons. The molecule has 0 aliphatic carbocycles. The van der Waals surface area contributed by atoms with Gasteiger partial charge >= 0.3 is 0 Å². The summed E-state index contributed by atoms with van der Waals surface area (Å²) in [6, 6.07) is 8.22. The van der Waals surface area contributed by atoms with E-state index in [9.17, 15) is 0 Å². The average molecular weight is 365 g/mol. The summed E-state index contributed by atoms with van der Waals surface area (Å²) in [4.78, 5) is 17.4. The van der Waals surface area contributed by atoms with Crippen molar-refractivity contribution in [2.75, 3.05) is 38.2 Å². The molecule has 0 N–H and O–H groups in total. The Kier molecular flexibility index (Phi) is 5.24. The van der Waals surface area contributed by atoms with Gasteiger partial charge in [0, 0.05) is 50.7 Å². The number of hydrogen-bond acceptors (Lipinski definition) is 7. The van der Waals surface area contributed by atoms with Crippen molar-refractivity contribution in [2.24, 2.45) is 0 Å². The Morgan fingerprint density at radius 2 is 1.85 bits per heavy atom. The largest absolute Gasteiger partial charge is 0.496 e. The molecule has 8 heteroatoms. The monoisotopic (exact) mass is 365 g/mol. The first-order valence-corrected chi connectivity index (χ1v) is 9.04. The van der Waals surface area contributed by atoms with Gasteiger partial charge in [0.05, 0.1) is 13.7 Å². The zero-order valence-corrected chi connectivity index (χ0v) is 15.4. The molecule has 8 nitrogen and oxygen atoms in total. The van der Waals surface area contributed by atoms with Gasteiger partial charge in [0.2, 0.25) is 5.95 Å². The highest BCUT2D eigenvalue weighted by atomic mass is 16.5. The van der Waals surface area contributed by atoms with Gasteiger partial charge in [0.15, 0.2) is 0 Å². The first-order chi connectivity index (χ1) is 13.3. The lowest BCUT2D eigenvalue weighted by Crippen LogP contribution is -2.46. The van der Waals surface area contributed by atoms with E-state index in [1.807, 2.05) is 12.1 Å². The number of aromatic nitrogens is 5. The third-order valence-corrected chi connectivity index (χ3v) is 4.76. The number of methoxy groups -OCH3 is 1. The highest BCUT2D eigenvalue weighted by molar-refractivity contribution is 5.37. The molecule has 140 valence electrons. The van der Waals surface area contributed by atoms with Crippen LogP contribution in [0.3, 0.4) is 0 Å². The van der Waals surface area contributed by atoms with Gasteiger partial charge in [-0.05, 0) is 23.8 Å². The van der Waals surface area contributed by atoms with Crippen LogP contribution in [0, 0.1) is 0 Å². The van der Waals surface area contributed by atoms with Gasteiger partial charge in [-0.1, -0.05) is 6.07 Å². The standard InChI is InChI=1S/C19H23N7O/c1-27-18-4-3-16(11-17(18)13-26-15-20-14-23-26)12-24-7-9-25(10-8-24)19-21-5-2-6-22-19/h2-6,11,14-15H,7-10,12-13H2,1H3. The molecule has 3 heterocycles. The van der Waals surface area contributed by atoms with Gasteiger partial charge in [0.1, 0.15) is 18.4 Å². The molecule has 0 amide bonds. The highest BCUT2D eigenvalue weighted by Crippen LogP contribution is 2.22. The summed E-state index contributed by atoms with van der Waals surface area (Å²) in [5, 5.41) is 4.19. The summed E-state index contributed by atoms with van der Waals surface area (Å²) in [6.45, 7) is 5.41. The Labute approximate surface area is 158 Å². The van der Waals surface area contributed by atoms with Crippen molar-refractivity contribution < 1.29 is 4.74 Å². The van der Waals surface area contributed by atoms with Gasteiger partial charge < -0.3 is 9.64 Å². The van der Waals surface area contributed by atoms with Gasteiger partial charge in [-0.25, -0.2) is 19.6 Å². The van der Waals surface area contributed by atoms with Crippen molar-refractivity contribution in [1.82, 2.24) is 29.6 Å². The number of nitrogens with zero attached hydrogens (tertiary/aromatic N) is 7. The summed E-state index contributed by atoms with van der Waals surface area (Å²) in [5.74, 6) is 1.69. The summed E-state index contributed by atoms with van der Waals surface area (Å²) in [7, 11) is 1.70. The predicted octanol–water partition coefficient (Wildman–Crippen LogP) is 1.45. The second-order valence-electron chi connectivity index (χ2n) is 6.55. The molecule has 1 aliphatic rings. The zero-order chi connectivity index (χ0) is 18.5. The number of ether oxygens (including phenoxy) is 1. The number of rotatable bonds is 6. The number of anilines is 1. The molecule has 27 heavy (non-hydrogen) atoms. The van der Waals surface area contributed by atoms with Crippen molar-refractivity contribution >= 4 is 5.95 Å². The van der Waals surface area contributed by atoms with Crippen LogP contribution in [0.25, 0.3) is 0 Å². The second kappa shape index (κ2) is 8.13. The molecule has 0 atom stereocenters. The van der Waals surface area contributed by atoms with Crippen LogP contribution in [-0.4, -0.2) is 62.9 Å². The lowest BCUT2D eigenvalue weighted by molar-refractivity contribution is 0.248. The molecular weight excluding hydrogens is 342 g/mol. The molecule has 1 aliphatic heterocycles. The lowest BCUT2D eigenvalue weighted by atomic mass is 10.1. The van der Waals surface area contributed by atoms with Crippen molar-refractivity contribution in [2.45, 2.75) is 13.1 Å². The fraction of sp³-hybridized carbons (Fsp3) is 0.368. The van der Waals surface area contributed by atoms with Crippen LogP contribution >= 0.6 is 0 Å². The first kappa shape index (κ1) is 17.4. The molecule has 0 spiro atoms. The van der Waals surface area contributed by atoms with Crippen LogP contribution in [0.5, 0.6) is 5.75 Å². The molecule has 2 aromatic heterocycles. The van der Waals surface area contributed by atoms with Crippen LogP contribution < -0.4 is 9.64 Å². The first-order valence-electron chi connectivity index (χ1n) is 9.04. The smallest absolute Gasteiger partial charge is 0.225 e. The summed E-state index contributed by atoms with van der Waals surface area (Å²) in [6.07, 6.45) is 6.86. The van der Waals surface area contributed by atoms with E-state index in [0.717, 1.165) is 50.0 Å². The Hall–Kier alpha value is -3.00. The average Bonchev–Trinajstić information content (AvgIpc) is 3.23. The van der Waals surface area contributed by atoms with Crippen molar-refractivity contribution in [3.05, 3.63) is 60.4 Å². The summed E-state index contributed by atoms with van der Waals surface area (Å²) >= 11 is 0. The maximum absolute atomic E-state index is 5.51.